The van der Waals surface area contributed by atoms with E-state index in [2.05, 4.69) is 15.9 Å². The molecule has 0 spiro atoms. The third kappa shape index (κ3) is 3.70. The third-order valence-electron chi connectivity index (χ3n) is 1.58. The van der Waals surface area contributed by atoms with Crippen LogP contribution in [-0.2, 0) is 0 Å². The van der Waals surface area contributed by atoms with E-state index >= 15 is 0 Å². The Balaban J connectivity index is 0.000000671. The summed E-state index contributed by atoms with van der Waals surface area (Å²) in [4.78, 5) is 10.9. The summed E-state index contributed by atoms with van der Waals surface area (Å²) in [6.45, 7) is 3.56. The lowest BCUT2D eigenvalue weighted by Crippen LogP contribution is -1.91. The van der Waals surface area contributed by atoms with Gasteiger partial charge in [0.05, 0.1) is 0 Å². The first kappa shape index (κ1) is 12.3. The molecule has 1 N–H and O–H groups in total. The molecular weight excluding hydrogens is 232 g/mol. The molecule has 0 bridgehead atoms. The molecule has 13 heavy (non-hydrogen) atoms. The summed E-state index contributed by atoms with van der Waals surface area (Å²) in [7, 11) is 1.00. The zero-order chi connectivity index (χ0) is 10.4. The van der Waals surface area contributed by atoms with Gasteiger partial charge in [0.25, 0.3) is 0 Å². The average molecular weight is 245 g/mol. The van der Waals surface area contributed by atoms with Crippen molar-refractivity contribution in [3.63, 3.8) is 0 Å². The minimum atomic E-state index is 0.103. The van der Waals surface area contributed by atoms with Gasteiger partial charge in [-0.2, -0.15) is 0 Å². The van der Waals surface area contributed by atoms with E-state index in [0.29, 0.717) is 0 Å². The first-order valence-corrected chi connectivity index (χ1v) is 4.62. The zero-order valence-electron chi connectivity index (χ0n) is 7.97. The molecule has 0 amide bonds. The minimum absolute atomic E-state index is 0.103. The van der Waals surface area contributed by atoms with E-state index in [1.165, 1.54) is 0 Å². The summed E-state index contributed by atoms with van der Waals surface area (Å²) in [5.74, 6) is 0.103. The summed E-state index contributed by atoms with van der Waals surface area (Å²) < 4.78 is 0.991. The van der Waals surface area contributed by atoms with Crippen LogP contribution in [0.25, 0.3) is 0 Å². The molecule has 0 fully saturated rings. The van der Waals surface area contributed by atoms with Crippen molar-refractivity contribution < 1.29 is 9.90 Å². The fourth-order valence-electron chi connectivity index (χ4n) is 0.812. The van der Waals surface area contributed by atoms with Crippen molar-refractivity contribution in [2.45, 2.75) is 13.8 Å². The highest BCUT2D eigenvalue weighted by Crippen LogP contribution is 2.17. The predicted molar refractivity (Wildman–Crippen MR) is 57.0 cm³/mol. The molecule has 0 aliphatic heterocycles. The molecule has 1 rings (SSSR count). The van der Waals surface area contributed by atoms with Crippen molar-refractivity contribution in [2.75, 3.05) is 7.11 Å². The topological polar surface area (TPSA) is 37.3 Å². The Hall–Kier alpha value is -0.670. The van der Waals surface area contributed by atoms with Gasteiger partial charge in [-0.1, -0.05) is 28.1 Å². The second kappa shape index (κ2) is 5.89. The van der Waals surface area contributed by atoms with Crippen molar-refractivity contribution in [1.82, 2.24) is 0 Å². The lowest BCUT2D eigenvalue weighted by molar-refractivity contribution is 0.101. The number of benzene rings is 1. The van der Waals surface area contributed by atoms with Crippen LogP contribution in [0.4, 0.5) is 0 Å². The number of hydrogen-bond acceptors (Lipinski definition) is 2. The Morgan fingerprint density at radius 1 is 1.38 bits per heavy atom. The van der Waals surface area contributed by atoms with Crippen molar-refractivity contribution in [2.24, 2.45) is 0 Å². The van der Waals surface area contributed by atoms with E-state index in [1.807, 2.05) is 25.1 Å². The van der Waals surface area contributed by atoms with Crippen LogP contribution in [0.2, 0.25) is 0 Å². The monoisotopic (exact) mass is 244 g/mol. The number of halogens is 1. The zero-order valence-corrected chi connectivity index (χ0v) is 9.55. The molecule has 0 unspecified atom stereocenters. The molecule has 0 heterocycles. The Kier molecular flexibility index (Phi) is 5.58. The standard InChI is InChI=1S/C9H9BrO.CH4O/c1-6-3-4-8(7(2)11)5-9(6)10;1-2/h3-5H,1-2H3;2H,1H3. The van der Waals surface area contributed by atoms with Crippen LogP contribution in [0.5, 0.6) is 0 Å². The van der Waals surface area contributed by atoms with E-state index in [0.717, 1.165) is 22.7 Å². The molecule has 1 aromatic carbocycles. The van der Waals surface area contributed by atoms with Crippen molar-refractivity contribution in [1.29, 1.82) is 0 Å². The highest BCUT2D eigenvalue weighted by molar-refractivity contribution is 9.10. The summed E-state index contributed by atoms with van der Waals surface area (Å²) in [6, 6.07) is 5.61. The molecule has 0 saturated carbocycles. The summed E-state index contributed by atoms with van der Waals surface area (Å²) in [5, 5.41) is 7.00. The van der Waals surface area contributed by atoms with Gasteiger partial charge in [0, 0.05) is 17.1 Å². The highest BCUT2D eigenvalue weighted by atomic mass is 79.9. The van der Waals surface area contributed by atoms with Gasteiger partial charge in [-0.3, -0.25) is 4.79 Å². The third-order valence-corrected chi connectivity index (χ3v) is 2.43. The largest absolute Gasteiger partial charge is 0.400 e. The average Bonchev–Trinajstić information content (AvgIpc) is 2.13. The normalized spacial score (nSPS) is 8.69. The van der Waals surface area contributed by atoms with Gasteiger partial charge in [0.15, 0.2) is 5.78 Å². The number of aliphatic hydroxyl groups excluding tert-OH is 1. The molecule has 3 heteroatoms. The van der Waals surface area contributed by atoms with E-state index < -0.39 is 0 Å². The Morgan fingerprint density at radius 2 is 1.92 bits per heavy atom. The van der Waals surface area contributed by atoms with Gasteiger partial charge in [-0.15, -0.1) is 0 Å². The molecule has 0 atom stereocenters. The van der Waals surface area contributed by atoms with Gasteiger partial charge in [-0.25, -0.2) is 0 Å². The molecule has 1 aromatic rings. The summed E-state index contributed by atoms with van der Waals surface area (Å²) >= 11 is 3.36. The maximum atomic E-state index is 10.9. The quantitative estimate of drug-likeness (QED) is 0.772. The second-order valence-corrected chi connectivity index (χ2v) is 3.37. The van der Waals surface area contributed by atoms with Crippen LogP contribution >= 0.6 is 15.9 Å². The number of carbonyl (C=O) groups excluding carboxylic acids is 1. The van der Waals surface area contributed by atoms with E-state index in [-0.39, 0.29) is 5.78 Å². The maximum Gasteiger partial charge on any atom is 0.159 e. The SMILES string of the molecule is CC(=O)c1ccc(C)c(Br)c1.CO. The molecule has 0 aromatic heterocycles. The first-order valence-electron chi connectivity index (χ1n) is 3.83. The predicted octanol–water partition coefficient (Wildman–Crippen LogP) is 2.57. The van der Waals surface area contributed by atoms with Gasteiger partial charge in [-0.05, 0) is 25.5 Å². The molecule has 0 aliphatic carbocycles. The molecule has 0 aliphatic rings. The highest BCUT2D eigenvalue weighted by Gasteiger charge is 2.00. The molecule has 0 saturated heterocycles. The Bertz CT molecular complexity index is 295. The lowest BCUT2D eigenvalue weighted by Gasteiger charge is -1.99. The number of Topliss-reactive ketones (excluding diaryl/α,β-unsaturated/α-hetero) is 1. The summed E-state index contributed by atoms with van der Waals surface area (Å²) in [6.07, 6.45) is 0. The van der Waals surface area contributed by atoms with Crippen LogP contribution in [0.1, 0.15) is 22.8 Å². The lowest BCUT2D eigenvalue weighted by atomic mass is 10.1. The van der Waals surface area contributed by atoms with Crippen LogP contribution in [0.3, 0.4) is 0 Å². The number of hydrogen-bond donors (Lipinski definition) is 1. The number of carbonyl (C=O) groups is 1. The molecule has 72 valence electrons. The van der Waals surface area contributed by atoms with Crippen LogP contribution in [0.15, 0.2) is 22.7 Å². The van der Waals surface area contributed by atoms with Gasteiger partial charge >= 0.3 is 0 Å². The Morgan fingerprint density at radius 3 is 2.31 bits per heavy atom. The van der Waals surface area contributed by atoms with Crippen molar-refractivity contribution >= 4 is 21.7 Å². The van der Waals surface area contributed by atoms with Gasteiger partial charge < -0.3 is 5.11 Å². The number of aryl methyl sites for hydroxylation is 1. The summed E-state index contributed by atoms with van der Waals surface area (Å²) in [5.41, 5.74) is 1.90. The molecule has 2 nitrogen and oxygen atoms in total. The maximum absolute atomic E-state index is 10.9. The first-order chi connectivity index (χ1) is 6.11. The second-order valence-electron chi connectivity index (χ2n) is 2.52. The number of aliphatic hydroxyl groups is 1. The molecular formula is C10H13BrO2. The molecule has 0 radical (unpaired) electrons. The van der Waals surface area contributed by atoms with E-state index in [4.69, 9.17) is 5.11 Å². The minimum Gasteiger partial charge on any atom is -0.400 e. The number of rotatable bonds is 1. The van der Waals surface area contributed by atoms with E-state index in [1.54, 1.807) is 6.92 Å². The van der Waals surface area contributed by atoms with Crippen molar-refractivity contribution in [3.05, 3.63) is 33.8 Å². The fraction of sp³-hybridized carbons (Fsp3) is 0.300. The van der Waals surface area contributed by atoms with Gasteiger partial charge in [0.1, 0.15) is 0 Å². The van der Waals surface area contributed by atoms with Crippen LogP contribution < -0.4 is 0 Å². The number of ketones is 1. The van der Waals surface area contributed by atoms with Crippen LogP contribution in [-0.4, -0.2) is 18.0 Å². The van der Waals surface area contributed by atoms with Crippen LogP contribution in [0, 0.1) is 6.92 Å². The Labute approximate surface area is 86.7 Å². The fourth-order valence-corrected chi connectivity index (χ4v) is 1.19. The van der Waals surface area contributed by atoms with E-state index in [9.17, 15) is 4.79 Å². The smallest absolute Gasteiger partial charge is 0.159 e. The van der Waals surface area contributed by atoms with Crippen molar-refractivity contribution in [3.8, 4) is 0 Å². The van der Waals surface area contributed by atoms with Gasteiger partial charge in [0.2, 0.25) is 0 Å².